The monoisotopic (exact) mass is 285 g/mol. The van der Waals surface area contributed by atoms with Gasteiger partial charge in [-0.15, -0.1) is 0 Å². The molecular formula is C16H31NO3. The third-order valence-corrected chi connectivity index (χ3v) is 3.42. The Bertz CT molecular complexity index is 320. The van der Waals surface area contributed by atoms with Crippen LogP contribution in [0.3, 0.4) is 0 Å². The van der Waals surface area contributed by atoms with Gasteiger partial charge in [-0.1, -0.05) is 40.5 Å². The van der Waals surface area contributed by atoms with E-state index in [0.717, 1.165) is 12.8 Å². The van der Waals surface area contributed by atoms with Crippen LogP contribution in [-0.2, 0) is 14.3 Å². The zero-order valence-corrected chi connectivity index (χ0v) is 14.1. The standard InChI is InChI=1S/C16H31NO3/c1-8-11(3)10-13(18)17-14(12(4)9-2)15(19)20-16(5,6)7/h11-12,14H,8-10H2,1-7H3,(H,17,18)/t11?,12-,14-/m0/s1. The highest BCUT2D eigenvalue weighted by Crippen LogP contribution is 2.15. The van der Waals surface area contributed by atoms with Gasteiger partial charge in [0.25, 0.3) is 0 Å². The number of ether oxygens (including phenoxy) is 1. The molecule has 0 spiro atoms. The van der Waals surface area contributed by atoms with Gasteiger partial charge in [0.2, 0.25) is 5.91 Å². The van der Waals surface area contributed by atoms with E-state index >= 15 is 0 Å². The molecular weight excluding hydrogens is 254 g/mol. The summed E-state index contributed by atoms with van der Waals surface area (Å²) >= 11 is 0. The first-order valence-corrected chi connectivity index (χ1v) is 7.62. The fourth-order valence-corrected chi connectivity index (χ4v) is 1.73. The fourth-order valence-electron chi connectivity index (χ4n) is 1.73. The number of hydrogen-bond donors (Lipinski definition) is 1. The summed E-state index contributed by atoms with van der Waals surface area (Å²) in [4.78, 5) is 24.2. The zero-order valence-electron chi connectivity index (χ0n) is 14.1. The molecule has 0 saturated heterocycles. The van der Waals surface area contributed by atoms with Crippen LogP contribution in [0.5, 0.6) is 0 Å². The largest absolute Gasteiger partial charge is 0.458 e. The van der Waals surface area contributed by atoms with Gasteiger partial charge in [-0.25, -0.2) is 4.79 Å². The molecule has 0 rings (SSSR count). The molecule has 0 aliphatic heterocycles. The van der Waals surface area contributed by atoms with Crippen molar-refractivity contribution < 1.29 is 14.3 Å². The Hall–Kier alpha value is -1.06. The second-order valence-corrected chi connectivity index (χ2v) is 6.68. The molecule has 0 aromatic carbocycles. The molecule has 0 heterocycles. The number of esters is 1. The van der Waals surface area contributed by atoms with Gasteiger partial charge < -0.3 is 10.1 Å². The van der Waals surface area contributed by atoms with Gasteiger partial charge in [-0.3, -0.25) is 4.79 Å². The molecule has 0 aliphatic carbocycles. The van der Waals surface area contributed by atoms with Crippen molar-refractivity contribution in [2.75, 3.05) is 0 Å². The third-order valence-electron chi connectivity index (χ3n) is 3.42. The summed E-state index contributed by atoms with van der Waals surface area (Å²) in [5.41, 5.74) is -0.537. The van der Waals surface area contributed by atoms with E-state index in [1.54, 1.807) is 0 Å². The quantitative estimate of drug-likeness (QED) is 0.730. The third kappa shape index (κ3) is 7.51. The summed E-state index contributed by atoms with van der Waals surface area (Å²) in [5.74, 6) is -0.0307. The summed E-state index contributed by atoms with van der Waals surface area (Å²) in [6.07, 6.45) is 2.22. The summed E-state index contributed by atoms with van der Waals surface area (Å²) in [6.45, 7) is 13.5. The lowest BCUT2D eigenvalue weighted by molar-refractivity contribution is -0.160. The maximum Gasteiger partial charge on any atom is 0.329 e. The van der Waals surface area contributed by atoms with E-state index in [4.69, 9.17) is 4.74 Å². The molecule has 20 heavy (non-hydrogen) atoms. The molecule has 0 bridgehead atoms. The topological polar surface area (TPSA) is 55.4 Å². The highest BCUT2D eigenvalue weighted by atomic mass is 16.6. The van der Waals surface area contributed by atoms with Crippen molar-refractivity contribution in [1.82, 2.24) is 5.32 Å². The number of rotatable bonds is 7. The zero-order chi connectivity index (χ0) is 15.9. The Labute approximate surface area is 123 Å². The molecule has 0 aromatic rings. The molecule has 0 radical (unpaired) electrons. The van der Waals surface area contributed by atoms with Crippen LogP contribution in [0.2, 0.25) is 0 Å². The predicted octanol–water partition coefficient (Wildman–Crippen LogP) is 3.30. The lowest BCUT2D eigenvalue weighted by Crippen LogP contribution is -2.48. The van der Waals surface area contributed by atoms with Crippen LogP contribution >= 0.6 is 0 Å². The lowest BCUT2D eigenvalue weighted by Gasteiger charge is -2.27. The highest BCUT2D eigenvalue weighted by Gasteiger charge is 2.30. The number of amides is 1. The van der Waals surface area contributed by atoms with Gasteiger partial charge in [0, 0.05) is 6.42 Å². The van der Waals surface area contributed by atoms with E-state index in [0.29, 0.717) is 12.3 Å². The molecule has 1 unspecified atom stereocenters. The summed E-state index contributed by atoms with van der Waals surface area (Å²) in [6, 6.07) is -0.559. The first-order valence-electron chi connectivity index (χ1n) is 7.62. The van der Waals surface area contributed by atoms with E-state index in [-0.39, 0.29) is 17.8 Å². The number of carbonyl (C=O) groups is 2. The lowest BCUT2D eigenvalue weighted by atomic mass is 9.97. The van der Waals surface area contributed by atoms with Crippen LogP contribution in [0.4, 0.5) is 0 Å². The van der Waals surface area contributed by atoms with Gasteiger partial charge in [0.15, 0.2) is 0 Å². The number of hydrogen-bond acceptors (Lipinski definition) is 3. The first-order chi connectivity index (χ1) is 9.10. The van der Waals surface area contributed by atoms with Crippen LogP contribution in [0.1, 0.15) is 67.7 Å². The van der Waals surface area contributed by atoms with Crippen LogP contribution in [-0.4, -0.2) is 23.5 Å². The van der Waals surface area contributed by atoms with Crippen LogP contribution < -0.4 is 5.32 Å². The minimum absolute atomic E-state index is 0.0609. The Morgan fingerprint density at radius 3 is 2.05 bits per heavy atom. The van der Waals surface area contributed by atoms with Crippen LogP contribution in [0, 0.1) is 11.8 Å². The van der Waals surface area contributed by atoms with Crippen molar-refractivity contribution in [1.29, 1.82) is 0 Å². The average Bonchev–Trinajstić information content (AvgIpc) is 2.32. The van der Waals surface area contributed by atoms with Crippen molar-refractivity contribution in [3.8, 4) is 0 Å². The SMILES string of the molecule is CCC(C)CC(=O)N[C@H](C(=O)OC(C)(C)C)[C@@H](C)CC. The molecule has 1 amide bonds. The minimum Gasteiger partial charge on any atom is -0.458 e. The first kappa shape index (κ1) is 18.9. The Morgan fingerprint density at radius 2 is 1.65 bits per heavy atom. The molecule has 3 atom stereocenters. The smallest absolute Gasteiger partial charge is 0.329 e. The molecule has 0 aromatic heterocycles. The van der Waals surface area contributed by atoms with Crippen molar-refractivity contribution >= 4 is 11.9 Å². The van der Waals surface area contributed by atoms with E-state index in [1.807, 2.05) is 41.5 Å². The van der Waals surface area contributed by atoms with Crippen molar-refractivity contribution in [2.24, 2.45) is 11.8 Å². The molecule has 0 aliphatic rings. The van der Waals surface area contributed by atoms with E-state index < -0.39 is 11.6 Å². The average molecular weight is 285 g/mol. The highest BCUT2D eigenvalue weighted by molar-refractivity contribution is 5.84. The Balaban J connectivity index is 4.73. The van der Waals surface area contributed by atoms with E-state index in [9.17, 15) is 9.59 Å². The van der Waals surface area contributed by atoms with Crippen molar-refractivity contribution in [3.63, 3.8) is 0 Å². The minimum atomic E-state index is -0.559. The molecule has 4 nitrogen and oxygen atoms in total. The molecule has 0 saturated carbocycles. The van der Waals surface area contributed by atoms with E-state index in [1.165, 1.54) is 0 Å². The molecule has 4 heteroatoms. The van der Waals surface area contributed by atoms with Gasteiger partial charge in [-0.05, 0) is 32.6 Å². The molecule has 118 valence electrons. The maximum absolute atomic E-state index is 12.2. The van der Waals surface area contributed by atoms with Gasteiger partial charge in [-0.2, -0.15) is 0 Å². The van der Waals surface area contributed by atoms with Crippen LogP contribution in [0.25, 0.3) is 0 Å². The maximum atomic E-state index is 12.2. The van der Waals surface area contributed by atoms with Gasteiger partial charge in [0.1, 0.15) is 11.6 Å². The second-order valence-electron chi connectivity index (χ2n) is 6.68. The second kappa shape index (κ2) is 8.28. The fraction of sp³-hybridized carbons (Fsp3) is 0.875. The summed E-state index contributed by atoms with van der Waals surface area (Å²) in [7, 11) is 0. The number of nitrogens with one attached hydrogen (secondary N) is 1. The predicted molar refractivity (Wildman–Crippen MR) is 81.3 cm³/mol. The van der Waals surface area contributed by atoms with Crippen molar-refractivity contribution in [2.45, 2.75) is 79.4 Å². The van der Waals surface area contributed by atoms with Crippen LogP contribution in [0.15, 0.2) is 0 Å². The van der Waals surface area contributed by atoms with Gasteiger partial charge >= 0.3 is 5.97 Å². The normalized spacial score (nSPS) is 16.1. The number of carbonyl (C=O) groups excluding carboxylic acids is 2. The summed E-state index contributed by atoms with van der Waals surface area (Å²) < 4.78 is 5.40. The molecule has 0 fully saturated rings. The summed E-state index contributed by atoms with van der Waals surface area (Å²) in [5, 5.41) is 2.84. The van der Waals surface area contributed by atoms with E-state index in [2.05, 4.69) is 12.2 Å². The Kier molecular flexibility index (Phi) is 7.84. The van der Waals surface area contributed by atoms with Gasteiger partial charge in [0.05, 0.1) is 0 Å². The molecule has 1 N–H and O–H groups in total. The Morgan fingerprint density at radius 1 is 1.10 bits per heavy atom. The van der Waals surface area contributed by atoms with Crippen molar-refractivity contribution in [3.05, 3.63) is 0 Å².